The highest BCUT2D eigenvalue weighted by molar-refractivity contribution is 7.80. The van der Waals surface area contributed by atoms with Crippen molar-refractivity contribution in [1.82, 2.24) is 20.2 Å². The lowest BCUT2D eigenvalue weighted by Gasteiger charge is -2.37. The molecule has 2 fully saturated rings. The molecule has 1 atom stereocenters. The number of amides is 2. The van der Waals surface area contributed by atoms with E-state index in [1.54, 1.807) is 24.5 Å². The molecule has 2 aromatic rings. The molecule has 4 rings (SSSR count). The summed E-state index contributed by atoms with van der Waals surface area (Å²) in [5.41, 5.74) is 0.906. The zero-order valence-electron chi connectivity index (χ0n) is 17.0. The number of aromatic nitrogens is 2. The van der Waals surface area contributed by atoms with Gasteiger partial charge in [0, 0.05) is 45.5 Å². The molecule has 0 aliphatic carbocycles. The van der Waals surface area contributed by atoms with Crippen LogP contribution < -0.4 is 15.1 Å². The molecule has 31 heavy (non-hydrogen) atoms. The highest BCUT2D eigenvalue weighted by Crippen LogP contribution is 2.28. The Kier molecular flexibility index (Phi) is 6.03. The molecule has 3 heterocycles. The van der Waals surface area contributed by atoms with E-state index in [4.69, 9.17) is 17.0 Å². The number of benzene rings is 1. The summed E-state index contributed by atoms with van der Waals surface area (Å²) in [5.74, 6) is 0.0564. The van der Waals surface area contributed by atoms with E-state index in [0.29, 0.717) is 48.4 Å². The van der Waals surface area contributed by atoms with E-state index in [1.165, 1.54) is 17.9 Å². The zero-order chi connectivity index (χ0) is 22.0. The van der Waals surface area contributed by atoms with Crippen molar-refractivity contribution in [3.05, 3.63) is 42.2 Å². The van der Waals surface area contributed by atoms with Crippen LogP contribution in [0.15, 0.2) is 30.6 Å². The maximum absolute atomic E-state index is 14.9. The van der Waals surface area contributed by atoms with Gasteiger partial charge in [-0.05, 0) is 18.2 Å². The number of thiocarbonyl (C=S) groups is 1. The topological polar surface area (TPSA) is 93.8 Å². The molecule has 2 aliphatic heterocycles. The van der Waals surface area contributed by atoms with Gasteiger partial charge in [-0.15, -0.1) is 0 Å². The Hall–Kier alpha value is -3.21. The summed E-state index contributed by atoms with van der Waals surface area (Å²) >= 11 is 5.47. The van der Waals surface area contributed by atoms with Gasteiger partial charge < -0.3 is 24.8 Å². The van der Waals surface area contributed by atoms with E-state index in [-0.39, 0.29) is 19.0 Å². The minimum absolute atomic E-state index is 0.199. The number of nitrogens with one attached hydrogen (secondary N) is 2. The number of carbonyl (C=O) groups excluding carboxylic acids is 2. The first-order chi connectivity index (χ1) is 14.9. The highest BCUT2D eigenvalue weighted by Gasteiger charge is 2.33. The van der Waals surface area contributed by atoms with Crippen molar-refractivity contribution in [2.24, 2.45) is 0 Å². The fourth-order valence-electron chi connectivity index (χ4n) is 3.70. The van der Waals surface area contributed by atoms with Crippen molar-refractivity contribution in [2.45, 2.75) is 13.0 Å². The molecule has 11 heteroatoms. The van der Waals surface area contributed by atoms with E-state index in [2.05, 4.69) is 15.3 Å². The highest BCUT2D eigenvalue weighted by atomic mass is 32.1. The second-order valence-corrected chi connectivity index (χ2v) is 7.79. The Labute approximate surface area is 184 Å². The van der Waals surface area contributed by atoms with Gasteiger partial charge in [0.05, 0.1) is 24.5 Å². The number of halogens is 1. The fourth-order valence-corrected chi connectivity index (χ4v) is 3.99. The van der Waals surface area contributed by atoms with Gasteiger partial charge in [-0.2, -0.15) is 0 Å². The van der Waals surface area contributed by atoms with Gasteiger partial charge in [-0.25, -0.2) is 14.2 Å². The molecule has 0 spiro atoms. The summed E-state index contributed by atoms with van der Waals surface area (Å²) < 4.78 is 20.2. The number of aromatic amines is 1. The Morgan fingerprint density at radius 3 is 2.77 bits per heavy atom. The van der Waals surface area contributed by atoms with Crippen LogP contribution in [0.2, 0.25) is 0 Å². The Balaban J connectivity index is 1.38. The third-order valence-corrected chi connectivity index (χ3v) is 5.76. The van der Waals surface area contributed by atoms with Crippen molar-refractivity contribution >= 4 is 40.6 Å². The van der Waals surface area contributed by atoms with Crippen LogP contribution in [-0.2, 0) is 9.53 Å². The first-order valence-corrected chi connectivity index (χ1v) is 10.4. The summed E-state index contributed by atoms with van der Waals surface area (Å²) in [6.45, 7) is 4.41. The van der Waals surface area contributed by atoms with Gasteiger partial charge in [-0.3, -0.25) is 9.69 Å². The molecule has 2 N–H and O–H groups in total. The summed E-state index contributed by atoms with van der Waals surface area (Å²) in [6.07, 6.45) is 2.37. The van der Waals surface area contributed by atoms with E-state index in [0.717, 1.165) is 0 Å². The molecule has 2 saturated heterocycles. The van der Waals surface area contributed by atoms with Crippen LogP contribution in [0.25, 0.3) is 0 Å². The monoisotopic (exact) mass is 446 g/mol. The van der Waals surface area contributed by atoms with Crippen LogP contribution in [0, 0.1) is 5.82 Å². The minimum Gasteiger partial charge on any atom is -0.442 e. The van der Waals surface area contributed by atoms with Crippen LogP contribution in [0.1, 0.15) is 12.7 Å². The van der Waals surface area contributed by atoms with Crippen molar-refractivity contribution in [3.8, 4) is 0 Å². The second-order valence-electron chi connectivity index (χ2n) is 7.41. The lowest BCUT2D eigenvalue weighted by molar-refractivity contribution is -0.119. The van der Waals surface area contributed by atoms with E-state index < -0.39 is 18.0 Å². The maximum Gasteiger partial charge on any atom is 0.414 e. The molecule has 9 nitrogen and oxygen atoms in total. The van der Waals surface area contributed by atoms with Gasteiger partial charge in [-0.1, -0.05) is 12.2 Å². The summed E-state index contributed by atoms with van der Waals surface area (Å²) in [6, 6.07) is 4.73. The van der Waals surface area contributed by atoms with Crippen LogP contribution in [0.3, 0.4) is 0 Å². The number of ether oxygens (including phenoxy) is 1. The normalized spacial score (nSPS) is 18.8. The number of H-pyrrole nitrogens is 1. The number of hydrogen-bond donors (Lipinski definition) is 2. The maximum atomic E-state index is 14.9. The largest absolute Gasteiger partial charge is 0.442 e. The van der Waals surface area contributed by atoms with Gasteiger partial charge in [0.25, 0.3) is 0 Å². The molecule has 164 valence electrons. The van der Waals surface area contributed by atoms with Gasteiger partial charge in [0.1, 0.15) is 16.9 Å². The Morgan fingerprint density at radius 1 is 1.35 bits per heavy atom. The standard InChI is InChI=1S/C20H23FN6O3S/c1-13(28)24-11-15-12-27(20(29)30-15)14-2-3-17(16(21)10-14)25-6-8-26(9-7-25)19(31)18-22-4-5-23-18/h2-5,10,15H,6-9,11-12H2,1H3,(H,22,23)(H,24,28). The number of anilines is 2. The number of hydrogen-bond acceptors (Lipinski definition) is 6. The molecule has 2 amide bonds. The van der Waals surface area contributed by atoms with Crippen LogP contribution >= 0.6 is 12.2 Å². The number of rotatable bonds is 5. The number of nitrogens with zero attached hydrogens (tertiary/aromatic N) is 4. The second kappa shape index (κ2) is 8.88. The SMILES string of the molecule is CC(=O)NCC1CN(c2ccc(N3CCN(C(=S)c4ncc[nH]4)CC3)c(F)c2)C(=O)O1. The molecule has 1 aromatic heterocycles. The molecule has 2 aliphatic rings. The first-order valence-electron chi connectivity index (χ1n) is 9.98. The minimum atomic E-state index is -0.553. The lowest BCUT2D eigenvalue weighted by Crippen LogP contribution is -2.49. The average Bonchev–Trinajstić information content (AvgIpc) is 3.42. The molecular formula is C20H23FN6O3S. The predicted molar refractivity (Wildman–Crippen MR) is 117 cm³/mol. The average molecular weight is 447 g/mol. The lowest BCUT2D eigenvalue weighted by atomic mass is 10.2. The quantitative estimate of drug-likeness (QED) is 0.673. The molecule has 1 aromatic carbocycles. The molecule has 0 bridgehead atoms. The molecule has 0 saturated carbocycles. The molecule has 1 unspecified atom stereocenters. The third kappa shape index (κ3) is 4.61. The van der Waals surface area contributed by atoms with Crippen molar-refractivity contribution in [2.75, 3.05) is 49.1 Å². The van der Waals surface area contributed by atoms with Gasteiger partial charge in [0.2, 0.25) is 5.91 Å². The first kappa shape index (κ1) is 21.0. The number of piperazine rings is 1. The van der Waals surface area contributed by atoms with Crippen LogP contribution in [0.4, 0.5) is 20.6 Å². The molecular weight excluding hydrogens is 423 g/mol. The summed E-state index contributed by atoms with van der Waals surface area (Å²) in [4.78, 5) is 36.4. The fraction of sp³-hybridized carbons (Fsp3) is 0.400. The van der Waals surface area contributed by atoms with Crippen molar-refractivity contribution < 1.29 is 18.7 Å². The van der Waals surface area contributed by atoms with Gasteiger partial charge >= 0.3 is 6.09 Å². The Morgan fingerprint density at radius 2 is 2.13 bits per heavy atom. The molecule has 0 radical (unpaired) electrons. The van der Waals surface area contributed by atoms with Crippen LogP contribution in [-0.4, -0.2) is 77.2 Å². The number of cyclic esters (lactones) is 1. The number of carbonyl (C=O) groups is 2. The van der Waals surface area contributed by atoms with E-state index in [9.17, 15) is 14.0 Å². The summed E-state index contributed by atoms with van der Waals surface area (Å²) in [5, 5.41) is 2.62. The third-order valence-electron chi connectivity index (χ3n) is 5.30. The van der Waals surface area contributed by atoms with E-state index >= 15 is 0 Å². The summed E-state index contributed by atoms with van der Waals surface area (Å²) in [7, 11) is 0. The van der Waals surface area contributed by atoms with Crippen LogP contribution in [0.5, 0.6) is 0 Å². The predicted octanol–water partition coefficient (Wildman–Crippen LogP) is 1.51. The number of imidazole rings is 1. The smallest absolute Gasteiger partial charge is 0.414 e. The van der Waals surface area contributed by atoms with Gasteiger partial charge in [0.15, 0.2) is 5.82 Å². The van der Waals surface area contributed by atoms with E-state index in [1.807, 2.05) is 9.80 Å². The Bertz CT molecular complexity index is 977. The van der Waals surface area contributed by atoms with Crippen molar-refractivity contribution in [3.63, 3.8) is 0 Å². The zero-order valence-corrected chi connectivity index (χ0v) is 17.8. The van der Waals surface area contributed by atoms with Crippen molar-refractivity contribution in [1.29, 1.82) is 0 Å².